The maximum atomic E-state index is 13.6. The number of hydrogen-bond acceptors (Lipinski definition) is 6. The molecule has 9 nitrogen and oxygen atoms in total. The van der Waals surface area contributed by atoms with Crippen molar-refractivity contribution in [2.24, 2.45) is 0 Å². The normalized spacial score (nSPS) is 14.1. The fourth-order valence-corrected chi connectivity index (χ4v) is 10.2. The van der Waals surface area contributed by atoms with Crippen LogP contribution < -0.4 is 5.32 Å². The largest absolute Gasteiger partial charge is 0.472 e. The van der Waals surface area contributed by atoms with E-state index in [0.29, 0.717) is 17.4 Å². The van der Waals surface area contributed by atoms with Gasteiger partial charge in [-0.2, -0.15) is 0 Å². The monoisotopic (exact) mass is 1130 g/mol. The van der Waals surface area contributed by atoms with Crippen molar-refractivity contribution >= 4 is 19.7 Å². The van der Waals surface area contributed by atoms with Gasteiger partial charge in [0, 0.05) is 12.8 Å². The van der Waals surface area contributed by atoms with Crippen molar-refractivity contribution in [3.63, 3.8) is 0 Å². The van der Waals surface area contributed by atoms with Gasteiger partial charge in [-0.25, -0.2) is 4.57 Å². The number of phosphoric acid groups is 1. The number of nitrogens with one attached hydrogen (secondary N) is 1. The van der Waals surface area contributed by atoms with Gasteiger partial charge >= 0.3 is 13.8 Å². The van der Waals surface area contributed by atoms with Gasteiger partial charge in [-0.05, 0) is 102 Å². The van der Waals surface area contributed by atoms with E-state index in [9.17, 15) is 19.0 Å². The van der Waals surface area contributed by atoms with Gasteiger partial charge in [-0.1, -0.05) is 261 Å². The SMILES string of the molecule is CCCCC/C=C\C/C=C\C/C=C\C/C=C\CCCCCCCCCC(=O)OC(/C=C/CCCCCCCCCCC)C(COP(=O)(O)OCC[N+](C)(C)C)NC(=O)CCCCCCCCCCC/C=C/CCCCCCCC. The van der Waals surface area contributed by atoms with E-state index >= 15 is 0 Å². The van der Waals surface area contributed by atoms with Crippen LogP contribution >= 0.6 is 7.82 Å². The first kappa shape index (κ1) is 76.5. The summed E-state index contributed by atoms with van der Waals surface area (Å²) in [6.07, 6.45) is 76.1. The fourth-order valence-electron chi connectivity index (χ4n) is 9.45. The van der Waals surface area contributed by atoms with Crippen LogP contribution in [0.25, 0.3) is 0 Å². The van der Waals surface area contributed by atoms with E-state index < -0.39 is 20.0 Å². The molecular formula is C69H128N2O7P+. The molecule has 1 amide bonds. The number of rotatable bonds is 60. The molecule has 10 heteroatoms. The average Bonchev–Trinajstić information content (AvgIpc) is 3.41. The Morgan fingerprint density at radius 1 is 0.443 bits per heavy atom. The minimum Gasteiger partial charge on any atom is -0.456 e. The van der Waals surface area contributed by atoms with Crippen LogP contribution in [-0.2, 0) is 27.9 Å². The van der Waals surface area contributed by atoms with Gasteiger partial charge in [0.2, 0.25) is 5.91 Å². The van der Waals surface area contributed by atoms with Crippen molar-refractivity contribution in [3.05, 3.63) is 72.9 Å². The summed E-state index contributed by atoms with van der Waals surface area (Å²) in [5.74, 6) is -0.515. The lowest BCUT2D eigenvalue weighted by molar-refractivity contribution is -0.870. The van der Waals surface area contributed by atoms with Gasteiger partial charge < -0.3 is 19.4 Å². The van der Waals surface area contributed by atoms with E-state index in [1.54, 1.807) is 0 Å². The highest BCUT2D eigenvalue weighted by Crippen LogP contribution is 2.43. The Morgan fingerprint density at radius 3 is 1.19 bits per heavy atom. The van der Waals surface area contributed by atoms with Gasteiger partial charge in [0.1, 0.15) is 19.3 Å². The van der Waals surface area contributed by atoms with Crippen LogP contribution in [-0.4, -0.2) is 74.3 Å². The molecule has 0 rings (SSSR count). The van der Waals surface area contributed by atoms with Crippen LogP contribution in [0.3, 0.4) is 0 Å². The predicted octanol–water partition coefficient (Wildman–Crippen LogP) is 20.8. The predicted molar refractivity (Wildman–Crippen MR) is 341 cm³/mol. The molecule has 3 atom stereocenters. The number of nitrogens with zero attached hydrogens (tertiary/aromatic N) is 1. The number of hydrogen-bond donors (Lipinski definition) is 2. The summed E-state index contributed by atoms with van der Waals surface area (Å²) in [6, 6.07) is -0.856. The fraction of sp³-hybridized carbons (Fsp3) is 0.797. The summed E-state index contributed by atoms with van der Waals surface area (Å²) in [6.45, 7) is 6.99. The maximum absolute atomic E-state index is 13.6. The van der Waals surface area contributed by atoms with Crippen molar-refractivity contribution < 1.29 is 37.3 Å². The van der Waals surface area contributed by atoms with E-state index in [1.165, 1.54) is 180 Å². The van der Waals surface area contributed by atoms with Crippen LogP contribution in [0.5, 0.6) is 0 Å². The van der Waals surface area contributed by atoms with Crippen molar-refractivity contribution in [2.75, 3.05) is 40.9 Å². The lowest BCUT2D eigenvalue weighted by atomic mass is 10.0. The quantitative estimate of drug-likeness (QED) is 0.0205. The molecule has 3 unspecified atom stereocenters. The number of phosphoric ester groups is 1. The number of carbonyl (C=O) groups is 2. The second kappa shape index (κ2) is 58.6. The molecule has 0 spiro atoms. The molecule has 79 heavy (non-hydrogen) atoms. The molecule has 0 aromatic heterocycles. The molecule has 460 valence electrons. The molecule has 0 aliphatic carbocycles. The summed E-state index contributed by atoms with van der Waals surface area (Å²) >= 11 is 0. The molecule has 0 aromatic carbocycles. The summed E-state index contributed by atoms with van der Waals surface area (Å²) < 4.78 is 30.7. The molecule has 0 saturated carbocycles. The van der Waals surface area contributed by atoms with Crippen LogP contribution in [0, 0.1) is 0 Å². The van der Waals surface area contributed by atoms with Gasteiger partial charge in [-0.3, -0.25) is 18.6 Å². The second-order valence-electron chi connectivity index (χ2n) is 23.6. The maximum Gasteiger partial charge on any atom is 0.472 e. The van der Waals surface area contributed by atoms with E-state index in [2.05, 4.69) is 86.8 Å². The smallest absolute Gasteiger partial charge is 0.456 e. The highest BCUT2D eigenvalue weighted by molar-refractivity contribution is 7.47. The third-order valence-corrected chi connectivity index (χ3v) is 15.6. The Hall–Kier alpha value is -2.55. The first-order chi connectivity index (χ1) is 38.4. The number of allylic oxidation sites excluding steroid dienone is 11. The molecule has 0 radical (unpaired) electrons. The van der Waals surface area contributed by atoms with E-state index in [-0.39, 0.29) is 31.5 Å². The zero-order valence-corrected chi connectivity index (χ0v) is 53.5. The van der Waals surface area contributed by atoms with E-state index in [0.717, 1.165) is 89.9 Å². The molecule has 0 saturated heterocycles. The molecule has 0 aliphatic heterocycles. The third kappa shape index (κ3) is 59.9. The Labute approximate surface area is 489 Å². The number of quaternary nitrogens is 1. The summed E-state index contributed by atoms with van der Waals surface area (Å²) in [5, 5.41) is 3.06. The number of unbranched alkanes of at least 4 members (excludes halogenated alkanes) is 34. The lowest BCUT2D eigenvalue weighted by Gasteiger charge is -2.27. The zero-order chi connectivity index (χ0) is 57.9. The first-order valence-corrected chi connectivity index (χ1v) is 34.8. The molecule has 0 aliphatic rings. The van der Waals surface area contributed by atoms with E-state index in [4.69, 9.17) is 13.8 Å². The van der Waals surface area contributed by atoms with Crippen LogP contribution in [0.1, 0.15) is 303 Å². The van der Waals surface area contributed by atoms with Crippen molar-refractivity contribution in [2.45, 2.75) is 315 Å². The number of carbonyl (C=O) groups excluding carboxylic acids is 2. The molecule has 0 bridgehead atoms. The summed E-state index contributed by atoms with van der Waals surface area (Å²) in [4.78, 5) is 37.8. The highest BCUT2D eigenvalue weighted by Gasteiger charge is 2.30. The molecule has 0 fully saturated rings. The Morgan fingerprint density at radius 2 is 0.772 bits per heavy atom. The second-order valence-corrected chi connectivity index (χ2v) is 25.1. The number of likely N-dealkylation sites (N-methyl/N-ethyl adjacent to an activating group) is 1. The Bertz CT molecular complexity index is 1580. The number of esters is 1. The van der Waals surface area contributed by atoms with E-state index in [1.807, 2.05) is 33.3 Å². The van der Waals surface area contributed by atoms with Crippen LogP contribution in [0.4, 0.5) is 0 Å². The minimum absolute atomic E-state index is 0.0362. The van der Waals surface area contributed by atoms with Crippen molar-refractivity contribution in [3.8, 4) is 0 Å². The average molecular weight is 1130 g/mol. The van der Waals surface area contributed by atoms with Crippen molar-refractivity contribution in [1.29, 1.82) is 0 Å². The van der Waals surface area contributed by atoms with Gasteiger partial charge in [0.25, 0.3) is 0 Å². The highest BCUT2D eigenvalue weighted by atomic mass is 31.2. The third-order valence-electron chi connectivity index (χ3n) is 14.6. The summed E-state index contributed by atoms with van der Waals surface area (Å²) in [7, 11) is 1.49. The lowest BCUT2D eigenvalue weighted by Crippen LogP contribution is -2.47. The molecular weight excluding hydrogens is 1000 g/mol. The number of ether oxygens (including phenoxy) is 1. The summed E-state index contributed by atoms with van der Waals surface area (Å²) in [5.41, 5.74) is 0. The van der Waals surface area contributed by atoms with Crippen LogP contribution in [0.15, 0.2) is 72.9 Å². The number of amides is 1. The first-order valence-electron chi connectivity index (χ1n) is 33.3. The zero-order valence-electron chi connectivity index (χ0n) is 52.6. The van der Waals surface area contributed by atoms with Gasteiger partial charge in [0.15, 0.2) is 0 Å². The van der Waals surface area contributed by atoms with Crippen LogP contribution in [0.2, 0.25) is 0 Å². The topological polar surface area (TPSA) is 111 Å². The standard InChI is InChI=1S/C69H127N2O7P/c1-7-10-13-16-19-22-25-27-29-31-33-34-35-36-38-40-42-44-47-50-53-56-59-62-69(73)78-67(60-57-54-51-48-45-24-21-18-15-12-9-3)66(65-77-79(74,75)76-64-63-71(4,5)6)70-68(72)61-58-55-52-49-46-43-41-39-37-32-30-28-26-23-20-17-14-11-8-2/h19,22,27-30,33-34,36,38,57,60,66-67H,7-18,20-21,23-26,31-32,35,37,39-56,58-59,61-65H2,1-6H3,(H-,70,72,74,75)/p+1/b22-19-,29-27-,30-28+,34-33-,38-36-,60-57+. The minimum atomic E-state index is -4.45. The molecule has 0 aromatic rings. The van der Waals surface area contributed by atoms with Gasteiger partial charge in [0.05, 0.1) is 33.8 Å². The Balaban J connectivity index is 5.15. The molecule has 0 heterocycles. The van der Waals surface area contributed by atoms with Crippen molar-refractivity contribution in [1.82, 2.24) is 5.32 Å². The molecule has 2 N–H and O–H groups in total. The Kier molecular flexibility index (Phi) is 56.7. The van der Waals surface area contributed by atoms with Gasteiger partial charge in [-0.15, -0.1) is 0 Å².